The topological polar surface area (TPSA) is 64.7 Å². The maximum atomic E-state index is 13.5. The number of amides is 2. The molecular weight excluding hydrogens is 378 g/mol. The third-order valence-corrected chi connectivity index (χ3v) is 5.58. The predicted molar refractivity (Wildman–Crippen MR) is 105 cm³/mol. The number of para-hydroxylation sites is 1. The summed E-state index contributed by atoms with van der Waals surface area (Å²) in [4.78, 5) is 28.1. The van der Waals surface area contributed by atoms with Crippen molar-refractivity contribution < 1.29 is 18.4 Å². The van der Waals surface area contributed by atoms with Crippen molar-refractivity contribution in [2.45, 2.75) is 13.0 Å². The SMILES string of the molecule is CCN1CC(C(=O)Nc2ccc(F)c(F)c2)C2NN(c3ccccc3)C(=O)C2C1. The van der Waals surface area contributed by atoms with Crippen molar-refractivity contribution in [2.75, 3.05) is 30.0 Å². The highest BCUT2D eigenvalue weighted by Gasteiger charge is 2.50. The quantitative estimate of drug-likeness (QED) is 0.827. The maximum Gasteiger partial charge on any atom is 0.247 e. The molecule has 3 atom stereocenters. The van der Waals surface area contributed by atoms with Gasteiger partial charge in [0.05, 0.1) is 23.6 Å². The second-order valence-electron chi connectivity index (χ2n) is 7.35. The Bertz CT molecular complexity index is 924. The summed E-state index contributed by atoms with van der Waals surface area (Å²) in [7, 11) is 0. The fraction of sp³-hybridized carbons (Fsp3) is 0.333. The van der Waals surface area contributed by atoms with Crippen LogP contribution >= 0.6 is 0 Å². The lowest BCUT2D eigenvalue weighted by molar-refractivity contribution is -0.126. The van der Waals surface area contributed by atoms with E-state index in [2.05, 4.69) is 15.6 Å². The summed E-state index contributed by atoms with van der Waals surface area (Å²) in [6.45, 7) is 3.71. The summed E-state index contributed by atoms with van der Waals surface area (Å²) < 4.78 is 26.7. The summed E-state index contributed by atoms with van der Waals surface area (Å²) in [6.07, 6.45) is 0. The average molecular weight is 400 g/mol. The third-order valence-electron chi connectivity index (χ3n) is 5.58. The zero-order valence-electron chi connectivity index (χ0n) is 15.9. The predicted octanol–water partition coefficient (Wildman–Crippen LogP) is 2.39. The van der Waals surface area contributed by atoms with Gasteiger partial charge in [0, 0.05) is 24.8 Å². The van der Waals surface area contributed by atoms with Crippen molar-refractivity contribution >= 4 is 23.2 Å². The van der Waals surface area contributed by atoms with Gasteiger partial charge in [0.1, 0.15) is 0 Å². The van der Waals surface area contributed by atoms with Gasteiger partial charge in [-0.15, -0.1) is 0 Å². The van der Waals surface area contributed by atoms with Gasteiger partial charge in [-0.3, -0.25) is 9.59 Å². The lowest BCUT2D eigenvalue weighted by atomic mass is 9.84. The van der Waals surface area contributed by atoms with Gasteiger partial charge in [-0.2, -0.15) is 0 Å². The van der Waals surface area contributed by atoms with E-state index in [-0.39, 0.29) is 29.5 Å². The van der Waals surface area contributed by atoms with Crippen molar-refractivity contribution in [3.63, 3.8) is 0 Å². The molecule has 2 amide bonds. The van der Waals surface area contributed by atoms with Crippen LogP contribution in [0.4, 0.5) is 20.2 Å². The van der Waals surface area contributed by atoms with Gasteiger partial charge in [-0.25, -0.2) is 19.2 Å². The summed E-state index contributed by atoms with van der Waals surface area (Å²) in [5, 5.41) is 4.17. The van der Waals surface area contributed by atoms with Gasteiger partial charge in [0.15, 0.2) is 11.6 Å². The molecule has 2 fully saturated rings. The number of piperidine rings is 1. The standard InChI is InChI=1S/C21H22F2N4O2/c1-2-26-11-15(20(28)24-13-8-9-17(22)18(23)10-13)19-16(12-26)21(29)27(25-19)14-6-4-3-5-7-14/h3-10,15-16,19,25H,2,11-12H2,1H3,(H,24,28). The summed E-state index contributed by atoms with van der Waals surface area (Å²) in [5.41, 5.74) is 4.10. The molecule has 0 bridgehead atoms. The number of halogens is 2. The molecule has 152 valence electrons. The molecule has 8 heteroatoms. The largest absolute Gasteiger partial charge is 0.326 e. The molecule has 2 saturated heterocycles. The van der Waals surface area contributed by atoms with Crippen molar-refractivity contribution in [1.82, 2.24) is 10.3 Å². The lowest BCUT2D eigenvalue weighted by Crippen LogP contribution is -2.55. The lowest BCUT2D eigenvalue weighted by Gasteiger charge is -2.37. The van der Waals surface area contributed by atoms with Gasteiger partial charge in [-0.1, -0.05) is 25.1 Å². The molecule has 0 spiro atoms. The maximum absolute atomic E-state index is 13.5. The minimum atomic E-state index is -1.02. The monoisotopic (exact) mass is 400 g/mol. The number of nitrogens with one attached hydrogen (secondary N) is 2. The highest BCUT2D eigenvalue weighted by molar-refractivity contribution is 5.99. The van der Waals surface area contributed by atoms with E-state index in [1.807, 2.05) is 37.3 Å². The molecule has 3 unspecified atom stereocenters. The molecule has 2 aromatic rings. The summed E-state index contributed by atoms with van der Waals surface area (Å²) in [5.74, 6) is -3.31. The molecular formula is C21H22F2N4O2. The van der Waals surface area contributed by atoms with Crippen LogP contribution in [0.1, 0.15) is 6.92 Å². The number of benzene rings is 2. The molecule has 4 rings (SSSR count). The van der Waals surface area contributed by atoms with Gasteiger partial charge in [-0.05, 0) is 30.8 Å². The van der Waals surface area contributed by atoms with Crippen LogP contribution in [0.2, 0.25) is 0 Å². The second-order valence-corrected chi connectivity index (χ2v) is 7.35. The second kappa shape index (κ2) is 7.88. The normalized spacial score (nSPS) is 24.4. The van der Waals surface area contributed by atoms with E-state index < -0.39 is 17.6 Å². The number of hydrogen-bond acceptors (Lipinski definition) is 4. The number of rotatable bonds is 4. The van der Waals surface area contributed by atoms with E-state index in [0.717, 1.165) is 17.8 Å². The Labute approximate surface area is 167 Å². The summed E-state index contributed by atoms with van der Waals surface area (Å²) in [6, 6.07) is 12.1. The number of likely N-dealkylation sites (tertiary alicyclic amines) is 1. The zero-order chi connectivity index (χ0) is 20.5. The molecule has 0 aliphatic carbocycles. The minimum absolute atomic E-state index is 0.0787. The van der Waals surface area contributed by atoms with Crippen molar-refractivity contribution in [2.24, 2.45) is 11.8 Å². The Kier molecular flexibility index (Phi) is 5.29. The Morgan fingerprint density at radius 3 is 2.59 bits per heavy atom. The molecule has 2 N–H and O–H groups in total. The first kappa shape index (κ1) is 19.5. The minimum Gasteiger partial charge on any atom is -0.326 e. The van der Waals surface area contributed by atoms with E-state index in [1.54, 1.807) is 0 Å². The van der Waals surface area contributed by atoms with Crippen LogP contribution in [0.5, 0.6) is 0 Å². The smallest absolute Gasteiger partial charge is 0.247 e. The van der Waals surface area contributed by atoms with Crippen LogP contribution in [-0.4, -0.2) is 42.4 Å². The third kappa shape index (κ3) is 3.73. The van der Waals surface area contributed by atoms with Crippen LogP contribution in [0.3, 0.4) is 0 Å². The first-order chi connectivity index (χ1) is 14.0. The van der Waals surface area contributed by atoms with Crippen LogP contribution in [0.25, 0.3) is 0 Å². The van der Waals surface area contributed by atoms with E-state index in [4.69, 9.17) is 0 Å². The number of carbonyl (C=O) groups excluding carboxylic acids is 2. The molecule has 0 aromatic heterocycles. The number of hydrogen-bond donors (Lipinski definition) is 2. The fourth-order valence-corrected chi connectivity index (χ4v) is 4.02. The molecule has 2 aliphatic heterocycles. The molecule has 2 heterocycles. The Morgan fingerprint density at radius 2 is 1.90 bits per heavy atom. The van der Waals surface area contributed by atoms with Crippen LogP contribution in [0, 0.1) is 23.5 Å². The first-order valence-electron chi connectivity index (χ1n) is 9.61. The number of hydrazine groups is 1. The van der Waals surface area contributed by atoms with Crippen molar-refractivity contribution in [1.29, 1.82) is 0 Å². The first-order valence-corrected chi connectivity index (χ1v) is 9.61. The van der Waals surface area contributed by atoms with E-state index in [9.17, 15) is 18.4 Å². The van der Waals surface area contributed by atoms with Crippen LogP contribution in [0.15, 0.2) is 48.5 Å². The average Bonchev–Trinajstić information content (AvgIpc) is 3.07. The summed E-state index contributed by atoms with van der Waals surface area (Å²) >= 11 is 0. The van der Waals surface area contributed by atoms with Gasteiger partial charge >= 0.3 is 0 Å². The number of carbonyl (C=O) groups is 2. The Morgan fingerprint density at radius 1 is 1.14 bits per heavy atom. The Balaban J connectivity index is 1.57. The molecule has 29 heavy (non-hydrogen) atoms. The van der Waals surface area contributed by atoms with E-state index >= 15 is 0 Å². The molecule has 2 aliphatic rings. The van der Waals surface area contributed by atoms with E-state index in [1.165, 1.54) is 11.1 Å². The van der Waals surface area contributed by atoms with Gasteiger partial charge < -0.3 is 10.2 Å². The van der Waals surface area contributed by atoms with E-state index in [0.29, 0.717) is 19.6 Å². The van der Waals surface area contributed by atoms with Crippen molar-refractivity contribution in [3.05, 3.63) is 60.2 Å². The highest BCUT2D eigenvalue weighted by atomic mass is 19.2. The number of nitrogens with zero attached hydrogens (tertiary/aromatic N) is 2. The number of anilines is 2. The fourth-order valence-electron chi connectivity index (χ4n) is 4.02. The molecule has 2 aromatic carbocycles. The van der Waals surface area contributed by atoms with Gasteiger partial charge in [0.2, 0.25) is 11.8 Å². The zero-order valence-corrected chi connectivity index (χ0v) is 15.9. The number of fused-ring (bicyclic) bond motifs is 1. The molecule has 6 nitrogen and oxygen atoms in total. The van der Waals surface area contributed by atoms with Crippen molar-refractivity contribution in [3.8, 4) is 0 Å². The van der Waals surface area contributed by atoms with Crippen LogP contribution in [-0.2, 0) is 9.59 Å². The van der Waals surface area contributed by atoms with Gasteiger partial charge in [0.25, 0.3) is 0 Å². The molecule has 0 saturated carbocycles. The molecule has 0 radical (unpaired) electrons. The Hall–Kier alpha value is -2.84. The highest BCUT2D eigenvalue weighted by Crippen LogP contribution is 2.32. The van der Waals surface area contributed by atoms with Crippen LogP contribution < -0.4 is 15.8 Å².